The molecule has 3 heterocycles. The molecule has 7 N–H and O–H groups in total. The number of likely N-dealkylation sites (tertiary alicyclic amines) is 1. The van der Waals surface area contributed by atoms with Gasteiger partial charge in [0.25, 0.3) is 0 Å². The Bertz CT molecular complexity index is 1500. The van der Waals surface area contributed by atoms with Crippen LogP contribution >= 0.6 is 0 Å². The summed E-state index contributed by atoms with van der Waals surface area (Å²) in [6, 6.07) is 1.72. The van der Waals surface area contributed by atoms with Crippen molar-refractivity contribution in [2.45, 2.75) is 51.1 Å². The third kappa shape index (κ3) is 10.1. The second-order valence-corrected chi connectivity index (χ2v) is 11.2. The SMILES string of the molecule is C[C@@H]1CCN(C(=O)CC#N)C[C@@H]1N(C)c1ncnc2c1ccn2C(=O)NCC(=O)NCC(=O)NCC(=O)N[C@H](CCCCN)C(=O)O. The van der Waals surface area contributed by atoms with Crippen LogP contribution in [-0.4, -0.2) is 119 Å². The Morgan fingerprint density at radius 2 is 1.77 bits per heavy atom. The predicted molar refractivity (Wildman–Crippen MR) is 168 cm³/mol. The Hall–Kier alpha value is -5.31. The van der Waals surface area contributed by atoms with Crippen molar-refractivity contribution < 1.29 is 33.9 Å². The van der Waals surface area contributed by atoms with E-state index in [1.54, 1.807) is 11.0 Å². The molecule has 1 aliphatic rings. The maximum absolute atomic E-state index is 12.9. The standard InChI is InChI=1S/C29H41N11O7/c1-18-7-11-39(25(44)6-10-31)16-21(18)38(2)26-19-8-12-40(27(19)36-17-35-26)29(47)34-14-23(42)32-13-22(41)33-15-24(43)37-20(28(45)46)5-3-4-9-30/h8,12,17-18,20-21H,3-7,9,11,13-16,30H2,1-2H3,(H,32,42)(H,33,41)(H,34,47)(H,37,43)(H,45,46)/t18-,20-,21+/m1/s1. The van der Waals surface area contributed by atoms with E-state index < -0.39 is 55.4 Å². The van der Waals surface area contributed by atoms with Gasteiger partial charge in [-0.1, -0.05) is 6.92 Å². The van der Waals surface area contributed by atoms with Crippen molar-refractivity contribution in [3.63, 3.8) is 0 Å². The number of nitrogens with one attached hydrogen (secondary N) is 4. The van der Waals surface area contributed by atoms with Gasteiger partial charge in [0.1, 0.15) is 24.6 Å². The van der Waals surface area contributed by atoms with Crippen molar-refractivity contribution in [1.29, 1.82) is 5.26 Å². The first-order chi connectivity index (χ1) is 22.5. The van der Waals surface area contributed by atoms with Gasteiger partial charge in [0.05, 0.1) is 37.1 Å². The number of hydrogen-bond acceptors (Lipinski definition) is 11. The fourth-order valence-electron chi connectivity index (χ4n) is 5.22. The first kappa shape index (κ1) is 36.2. The minimum Gasteiger partial charge on any atom is -0.480 e. The lowest BCUT2D eigenvalue weighted by atomic mass is 9.92. The summed E-state index contributed by atoms with van der Waals surface area (Å²) in [4.78, 5) is 85.3. The van der Waals surface area contributed by atoms with Crippen molar-refractivity contribution in [2.75, 3.05) is 51.2 Å². The van der Waals surface area contributed by atoms with E-state index in [0.29, 0.717) is 49.3 Å². The summed E-state index contributed by atoms with van der Waals surface area (Å²) in [6.45, 7) is 2.06. The Morgan fingerprint density at radius 3 is 2.43 bits per heavy atom. The van der Waals surface area contributed by atoms with Gasteiger partial charge in [-0.2, -0.15) is 5.26 Å². The summed E-state index contributed by atoms with van der Waals surface area (Å²) in [7, 11) is 1.85. The number of nitriles is 1. The molecule has 2 aromatic heterocycles. The van der Waals surface area contributed by atoms with Crippen LogP contribution in [0.5, 0.6) is 0 Å². The first-order valence-electron chi connectivity index (χ1n) is 15.2. The number of nitrogens with two attached hydrogens (primary N) is 1. The number of piperidine rings is 1. The molecule has 47 heavy (non-hydrogen) atoms. The Kier molecular flexibility index (Phi) is 13.4. The van der Waals surface area contributed by atoms with E-state index in [4.69, 9.17) is 11.0 Å². The largest absolute Gasteiger partial charge is 0.480 e. The van der Waals surface area contributed by atoms with E-state index >= 15 is 0 Å². The lowest BCUT2D eigenvalue weighted by Crippen LogP contribution is -2.52. The van der Waals surface area contributed by atoms with E-state index in [0.717, 1.165) is 6.42 Å². The molecule has 0 aromatic carbocycles. The average molecular weight is 656 g/mol. The predicted octanol–water partition coefficient (Wildman–Crippen LogP) is -1.49. The molecule has 0 spiro atoms. The molecule has 2 aromatic rings. The Balaban J connectivity index is 1.50. The van der Waals surface area contributed by atoms with Crippen molar-refractivity contribution >= 4 is 52.5 Å². The Morgan fingerprint density at radius 1 is 1.09 bits per heavy atom. The highest BCUT2D eigenvalue weighted by molar-refractivity contribution is 5.96. The van der Waals surface area contributed by atoms with Gasteiger partial charge in [-0.05, 0) is 44.2 Å². The van der Waals surface area contributed by atoms with E-state index in [2.05, 4.69) is 38.2 Å². The topological polar surface area (TPSA) is 258 Å². The van der Waals surface area contributed by atoms with Crippen molar-refractivity contribution in [2.24, 2.45) is 11.7 Å². The van der Waals surface area contributed by atoms with Crippen LogP contribution in [0.15, 0.2) is 18.6 Å². The van der Waals surface area contributed by atoms with Gasteiger partial charge in [-0.3, -0.25) is 23.7 Å². The fourth-order valence-corrected chi connectivity index (χ4v) is 5.22. The maximum Gasteiger partial charge on any atom is 0.327 e. The zero-order chi connectivity index (χ0) is 34.5. The molecule has 18 heteroatoms. The molecule has 0 aliphatic carbocycles. The van der Waals surface area contributed by atoms with Crippen molar-refractivity contribution in [3.05, 3.63) is 18.6 Å². The number of amides is 5. The molecule has 5 amide bonds. The van der Waals surface area contributed by atoms with Gasteiger partial charge in [-0.15, -0.1) is 0 Å². The minimum atomic E-state index is -1.20. The number of unbranched alkanes of at least 4 members (excludes halogenated alkanes) is 1. The molecule has 0 radical (unpaired) electrons. The number of aliphatic carboxylic acids is 1. The molecule has 3 rings (SSSR count). The number of fused-ring (bicyclic) bond motifs is 1. The van der Waals surface area contributed by atoms with Crippen LogP contribution in [0.1, 0.15) is 39.0 Å². The summed E-state index contributed by atoms with van der Waals surface area (Å²) < 4.78 is 1.22. The number of carboxylic acids is 1. The summed E-state index contributed by atoms with van der Waals surface area (Å²) in [5, 5.41) is 28.1. The van der Waals surface area contributed by atoms with Crippen LogP contribution in [-0.2, 0) is 24.0 Å². The highest BCUT2D eigenvalue weighted by Gasteiger charge is 2.33. The number of rotatable bonds is 15. The van der Waals surface area contributed by atoms with Gasteiger partial charge in [0.15, 0.2) is 5.65 Å². The van der Waals surface area contributed by atoms with E-state index in [9.17, 15) is 33.9 Å². The van der Waals surface area contributed by atoms with E-state index in [-0.39, 0.29) is 30.7 Å². The van der Waals surface area contributed by atoms with Gasteiger partial charge in [0.2, 0.25) is 23.6 Å². The minimum absolute atomic E-state index is 0.0925. The highest BCUT2D eigenvalue weighted by atomic mass is 16.4. The van der Waals surface area contributed by atoms with Gasteiger partial charge in [-0.25, -0.2) is 19.6 Å². The van der Waals surface area contributed by atoms with E-state index in [1.165, 1.54) is 17.1 Å². The average Bonchev–Trinajstić information content (AvgIpc) is 3.49. The van der Waals surface area contributed by atoms with Crippen molar-refractivity contribution in [3.8, 4) is 6.07 Å². The van der Waals surface area contributed by atoms with Crippen LogP contribution in [0.25, 0.3) is 11.0 Å². The lowest BCUT2D eigenvalue weighted by molar-refractivity contribution is -0.142. The van der Waals surface area contributed by atoms with Crippen molar-refractivity contribution in [1.82, 2.24) is 40.7 Å². The molecule has 1 aliphatic heterocycles. The molecular weight excluding hydrogens is 614 g/mol. The third-order valence-electron chi connectivity index (χ3n) is 7.88. The molecule has 0 bridgehead atoms. The summed E-state index contributed by atoms with van der Waals surface area (Å²) in [5.41, 5.74) is 5.69. The fraction of sp³-hybridized carbons (Fsp3) is 0.552. The Labute approximate surface area is 271 Å². The van der Waals surface area contributed by atoms with Crippen LogP contribution in [0.3, 0.4) is 0 Å². The first-order valence-corrected chi connectivity index (χ1v) is 15.2. The summed E-state index contributed by atoms with van der Waals surface area (Å²) in [6.07, 6.45) is 4.71. The normalized spacial score (nSPS) is 16.4. The molecule has 0 unspecified atom stereocenters. The van der Waals surface area contributed by atoms with Crippen LogP contribution in [0, 0.1) is 17.2 Å². The quantitative estimate of drug-likeness (QED) is 0.120. The number of nitrogens with zero attached hydrogens (tertiary/aromatic N) is 6. The third-order valence-corrected chi connectivity index (χ3v) is 7.88. The smallest absolute Gasteiger partial charge is 0.327 e. The van der Waals surface area contributed by atoms with Gasteiger partial charge >= 0.3 is 12.0 Å². The zero-order valence-corrected chi connectivity index (χ0v) is 26.4. The number of likely N-dealkylation sites (N-methyl/N-ethyl adjacent to an activating group) is 1. The monoisotopic (exact) mass is 655 g/mol. The van der Waals surface area contributed by atoms with E-state index in [1.807, 2.05) is 18.0 Å². The number of aromatic nitrogens is 3. The zero-order valence-electron chi connectivity index (χ0n) is 26.4. The molecule has 0 saturated carbocycles. The maximum atomic E-state index is 12.9. The second-order valence-electron chi connectivity index (χ2n) is 11.2. The number of carbonyl (C=O) groups is 6. The summed E-state index contributed by atoms with van der Waals surface area (Å²) >= 11 is 0. The number of carboxylic acid groups (broad SMARTS) is 1. The molecule has 3 atom stereocenters. The molecular formula is C29H41N11O7. The molecule has 1 fully saturated rings. The number of anilines is 1. The molecule has 254 valence electrons. The molecule has 1 saturated heterocycles. The number of carbonyl (C=O) groups excluding carboxylic acids is 5. The lowest BCUT2D eigenvalue weighted by Gasteiger charge is -2.42. The van der Waals surface area contributed by atoms with Gasteiger partial charge < -0.3 is 41.9 Å². The second kappa shape index (κ2) is 17.4. The van der Waals surface area contributed by atoms with Crippen LogP contribution in [0.2, 0.25) is 0 Å². The summed E-state index contributed by atoms with van der Waals surface area (Å²) in [5.74, 6) is -2.70. The van der Waals surface area contributed by atoms with Crippen LogP contribution < -0.4 is 31.9 Å². The molecule has 18 nitrogen and oxygen atoms in total. The van der Waals surface area contributed by atoms with Gasteiger partial charge in [0, 0.05) is 26.3 Å². The van der Waals surface area contributed by atoms with Crippen LogP contribution in [0.4, 0.5) is 10.6 Å². The highest BCUT2D eigenvalue weighted by Crippen LogP contribution is 2.29. The number of hydrogen-bond donors (Lipinski definition) is 6.